The summed E-state index contributed by atoms with van der Waals surface area (Å²) in [5, 5.41) is 8.05. The number of thioether (sulfide) groups is 1. The van der Waals surface area contributed by atoms with Crippen LogP contribution < -0.4 is 5.32 Å². The molecule has 1 N–H and O–H groups in total. The molecule has 0 radical (unpaired) electrons. The molecule has 0 spiro atoms. The fourth-order valence-electron chi connectivity index (χ4n) is 1.62. The smallest absolute Gasteiger partial charge is 0.227 e. The van der Waals surface area contributed by atoms with Crippen LogP contribution in [0.1, 0.15) is 25.6 Å². The molecule has 0 saturated heterocycles. The molecule has 0 saturated carbocycles. The summed E-state index contributed by atoms with van der Waals surface area (Å²) in [4.78, 5) is 5.40. The Morgan fingerprint density at radius 2 is 2.15 bits per heavy atom. The van der Waals surface area contributed by atoms with Crippen LogP contribution in [0.4, 0.5) is 0 Å². The van der Waals surface area contributed by atoms with E-state index in [4.69, 9.17) is 16.1 Å². The first-order chi connectivity index (χ1) is 9.65. The van der Waals surface area contributed by atoms with Gasteiger partial charge in [0.2, 0.25) is 5.89 Å². The first kappa shape index (κ1) is 15.4. The van der Waals surface area contributed by atoms with Crippen LogP contribution in [0, 0.1) is 0 Å². The largest absolute Gasteiger partial charge is 0.339 e. The summed E-state index contributed by atoms with van der Waals surface area (Å²) in [6.07, 6.45) is 0.752. The number of benzene rings is 1. The number of hydrogen-bond acceptors (Lipinski definition) is 5. The van der Waals surface area contributed by atoms with E-state index in [1.54, 1.807) is 11.8 Å². The Balaban J connectivity index is 1.82. The van der Waals surface area contributed by atoms with Gasteiger partial charge < -0.3 is 9.84 Å². The number of hydrogen-bond donors (Lipinski definition) is 1. The summed E-state index contributed by atoms with van der Waals surface area (Å²) in [7, 11) is 0. The lowest BCUT2D eigenvalue weighted by molar-refractivity contribution is 0.370. The standard InChI is InChI=1S/C14H18ClN3OS/c1-10(2)16-8-7-14-17-13(18-19-14)9-20-12-6-4-3-5-11(12)15/h3-6,10,16H,7-9H2,1-2H3. The molecule has 0 amide bonds. The highest BCUT2D eigenvalue weighted by atomic mass is 35.5. The van der Waals surface area contributed by atoms with Crippen molar-refractivity contribution in [3.8, 4) is 0 Å². The number of nitrogens with zero attached hydrogens (tertiary/aromatic N) is 2. The minimum atomic E-state index is 0.466. The molecule has 20 heavy (non-hydrogen) atoms. The van der Waals surface area contributed by atoms with Gasteiger partial charge in [-0.1, -0.05) is 42.7 Å². The molecular weight excluding hydrogens is 294 g/mol. The Morgan fingerprint density at radius 1 is 1.35 bits per heavy atom. The van der Waals surface area contributed by atoms with Crippen molar-refractivity contribution in [2.24, 2.45) is 0 Å². The van der Waals surface area contributed by atoms with E-state index in [2.05, 4.69) is 29.3 Å². The maximum absolute atomic E-state index is 6.10. The highest BCUT2D eigenvalue weighted by Crippen LogP contribution is 2.28. The van der Waals surface area contributed by atoms with Crippen molar-refractivity contribution in [3.63, 3.8) is 0 Å². The van der Waals surface area contributed by atoms with Crippen molar-refractivity contribution in [3.05, 3.63) is 41.0 Å². The molecule has 1 aromatic heterocycles. The first-order valence-electron chi connectivity index (χ1n) is 6.57. The zero-order chi connectivity index (χ0) is 14.4. The third-order valence-corrected chi connectivity index (χ3v) is 4.11. The van der Waals surface area contributed by atoms with E-state index < -0.39 is 0 Å². The van der Waals surface area contributed by atoms with Crippen LogP contribution in [0.5, 0.6) is 0 Å². The monoisotopic (exact) mass is 311 g/mol. The van der Waals surface area contributed by atoms with E-state index in [0.29, 0.717) is 23.5 Å². The molecule has 0 fully saturated rings. The molecule has 0 aliphatic heterocycles. The first-order valence-corrected chi connectivity index (χ1v) is 7.93. The Kier molecular flexibility index (Phi) is 5.88. The molecule has 0 aliphatic rings. The van der Waals surface area contributed by atoms with Crippen LogP contribution >= 0.6 is 23.4 Å². The van der Waals surface area contributed by atoms with Gasteiger partial charge in [0.15, 0.2) is 5.82 Å². The number of rotatable bonds is 7. The number of nitrogens with one attached hydrogen (secondary N) is 1. The van der Waals surface area contributed by atoms with Crippen molar-refractivity contribution in [1.82, 2.24) is 15.5 Å². The maximum Gasteiger partial charge on any atom is 0.227 e. The summed E-state index contributed by atoms with van der Waals surface area (Å²) < 4.78 is 5.22. The molecular formula is C14H18ClN3OS. The number of aromatic nitrogens is 2. The zero-order valence-electron chi connectivity index (χ0n) is 11.6. The van der Waals surface area contributed by atoms with Crippen molar-refractivity contribution >= 4 is 23.4 Å². The van der Waals surface area contributed by atoms with Gasteiger partial charge in [0.1, 0.15) is 0 Å². The van der Waals surface area contributed by atoms with Crippen molar-refractivity contribution in [2.75, 3.05) is 6.54 Å². The van der Waals surface area contributed by atoms with Crippen LogP contribution in [-0.2, 0) is 12.2 Å². The Hall–Kier alpha value is -1.04. The predicted octanol–water partition coefficient (Wildman–Crippen LogP) is 3.56. The van der Waals surface area contributed by atoms with E-state index in [1.165, 1.54) is 0 Å². The second-order valence-corrected chi connectivity index (χ2v) is 6.11. The molecule has 2 rings (SSSR count). The fraction of sp³-hybridized carbons (Fsp3) is 0.429. The summed E-state index contributed by atoms with van der Waals surface area (Å²) in [6, 6.07) is 8.21. The highest BCUT2D eigenvalue weighted by molar-refractivity contribution is 7.98. The molecule has 2 aromatic rings. The van der Waals surface area contributed by atoms with Crippen LogP contribution in [0.25, 0.3) is 0 Å². The van der Waals surface area contributed by atoms with Crippen molar-refractivity contribution < 1.29 is 4.52 Å². The van der Waals surface area contributed by atoms with Crippen LogP contribution in [0.2, 0.25) is 5.02 Å². The van der Waals surface area contributed by atoms with Gasteiger partial charge in [0, 0.05) is 23.9 Å². The number of halogens is 1. The molecule has 4 nitrogen and oxygen atoms in total. The second kappa shape index (κ2) is 7.67. The second-order valence-electron chi connectivity index (χ2n) is 4.68. The van der Waals surface area contributed by atoms with Gasteiger partial charge in [-0.05, 0) is 12.1 Å². The van der Waals surface area contributed by atoms with Gasteiger partial charge >= 0.3 is 0 Å². The summed E-state index contributed by atoms with van der Waals surface area (Å²) >= 11 is 7.71. The SMILES string of the molecule is CC(C)NCCc1nc(CSc2ccccc2Cl)no1. The normalized spacial score (nSPS) is 11.2. The lowest BCUT2D eigenvalue weighted by Crippen LogP contribution is -2.25. The lowest BCUT2D eigenvalue weighted by atomic mass is 10.3. The van der Waals surface area contributed by atoms with E-state index in [0.717, 1.165) is 22.9 Å². The summed E-state index contributed by atoms with van der Waals surface area (Å²) in [5.74, 6) is 2.03. The predicted molar refractivity (Wildman–Crippen MR) is 82.2 cm³/mol. The quantitative estimate of drug-likeness (QED) is 0.792. The molecule has 6 heteroatoms. The van der Waals surface area contributed by atoms with Crippen molar-refractivity contribution in [2.45, 2.75) is 37.0 Å². The minimum Gasteiger partial charge on any atom is -0.339 e. The van der Waals surface area contributed by atoms with Gasteiger partial charge in [-0.25, -0.2) is 0 Å². The van der Waals surface area contributed by atoms with E-state index in [-0.39, 0.29) is 0 Å². The molecule has 1 aromatic carbocycles. The van der Waals surface area contributed by atoms with Crippen LogP contribution in [-0.4, -0.2) is 22.7 Å². The van der Waals surface area contributed by atoms with Crippen molar-refractivity contribution in [1.29, 1.82) is 0 Å². The van der Waals surface area contributed by atoms with E-state index in [1.807, 2.05) is 24.3 Å². The van der Waals surface area contributed by atoms with Crippen LogP contribution in [0.3, 0.4) is 0 Å². The molecule has 0 aliphatic carbocycles. The molecule has 0 atom stereocenters. The minimum absolute atomic E-state index is 0.466. The third kappa shape index (κ3) is 4.81. The third-order valence-electron chi connectivity index (χ3n) is 2.60. The van der Waals surface area contributed by atoms with Gasteiger partial charge in [0.05, 0.1) is 10.8 Å². The van der Waals surface area contributed by atoms with E-state index in [9.17, 15) is 0 Å². The Labute approximate surface area is 128 Å². The summed E-state index contributed by atoms with van der Waals surface area (Å²) in [5.41, 5.74) is 0. The summed E-state index contributed by atoms with van der Waals surface area (Å²) in [6.45, 7) is 5.07. The molecule has 0 unspecified atom stereocenters. The van der Waals surface area contributed by atoms with Gasteiger partial charge in [-0.15, -0.1) is 11.8 Å². The highest BCUT2D eigenvalue weighted by Gasteiger charge is 2.08. The average molecular weight is 312 g/mol. The Morgan fingerprint density at radius 3 is 2.90 bits per heavy atom. The van der Waals surface area contributed by atoms with E-state index >= 15 is 0 Å². The molecule has 108 valence electrons. The topological polar surface area (TPSA) is 51.0 Å². The Bertz CT molecular complexity index is 545. The van der Waals surface area contributed by atoms with Gasteiger partial charge in [-0.3, -0.25) is 0 Å². The van der Waals surface area contributed by atoms with Gasteiger partial charge in [0.25, 0.3) is 0 Å². The molecule has 1 heterocycles. The maximum atomic E-state index is 6.10. The van der Waals surface area contributed by atoms with Crippen LogP contribution in [0.15, 0.2) is 33.7 Å². The lowest BCUT2D eigenvalue weighted by Gasteiger charge is -2.04. The average Bonchev–Trinajstić information content (AvgIpc) is 2.85. The van der Waals surface area contributed by atoms with Gasteiger partial charge in [-0.2, -0.15) is 4.98 Å². The zero-order valence-corrected chi connectivity index (χ0v) is 13.2. The molecule has 0 bridgehead atoms. The fourth-order valence-corrected chi connectivity index (χ4v) is 2.70.